The molecule has 0 spiro atoms. The fourth-order valence-electron chi connectivity index (χ4n) is 4.85. The molecule has 188 valence electrons. The van der Waals surface area contributed by atoms with E-state index in [9.17, 15) is 9.90 Å². The zero-order valence-electron chi connectivity index (χ0n) is 20.8. The topological polar surface area (TPSA) is 129 Å². The second-order valence-electron chi connectivity index (χ2n) is 9.82. The van der Waals surface area contributed by atoms with Crippen LogP contribution in [-0.2, 0) is 5.60 Å². The monoisotopic (exact) mass is 495 g/mol. The molecule has 1 fully saturated rings. The molecule has 9 nitrogen and oxygen atoms in total. The third-order valence-corrected chi connectivity index (χ3v) is 6.77. The van der Waals surface area contributed by atoms with E-state index in [4.69, 9.17) is 5.26 Å². The zero-order valence-corrected chi connectivity index (χ0v) is 20.8. The number of nitriles is 1. The maximum atomic E-state index is 13.3. The molecule has 0 unspecified atom stereocenters. The summed E-state index contributed by atoms with van der Waals surface area (Å²) in [6, 6.07) is 13.2. The van der Waals surface area contributed by atoms with Crippen molar-refractivity contribution in [1.29, 1.82) is 5.26 Å². The van der Waals surface area contributed by atoms with Gasteiger partial charge in [-0.15, -0.1) is 0 Å². The van der Waals surface area contributed by atoms with Crippen LogP contribution in [0.15, 0.2) is 61.2 Å². The highest BCUT2D eigenvalue weighted by atomic mass is 16.3. The van der Waals surface area contributed by atoms with E-state index in [1.54, 1.807) is 18.5 Å². The van der Waals surface area contributed by atoms with E-state index in [1.807, 2.05) is 54.9 Å². The van der Waals surface area contributed by atoms with Crippen molar-refractivity contribution in [3.05, 3.63) is 78.0 Å². The Bertz CT molecular complexity index is 1470. The van der Waals surface area contributed by atoms with E-state index in [-0.39, 0.29) is 18.0 Å². The van der Waals surface area contributed by atoms with Crippen molar-refractivity contribution < 1.29 is 9.90 Å². The number of nitrogens with zero attached hydrogens (tertiary/aromatic N) is 5. The second-order valence-corrected chi connectivity index (χ2v) is 9.82. The van der Waals surface area contributed by atoms with Gasteiger partial charge in [-0.25, -0.2) is 9.97 Å². The number of hydrogen-bond donors (Lipinski definition) is 3. The summed E-state index contributed by atoms with van der Waals surface area (Å²) < 4.78 is 1.84. The number of fused-ring (bicyclic) bond motifs is 1. The summed E-state index contributed by atoms with van der Waals surface area (Å²) in [5.74, 6) is 0.412. The lowest BCUT2D eigenvalue weighted by Gasteiger charge is -2.36. The third-order valence-electron chi connectivity index (χ3n) is 6.77. The maximum Gasteiger partial charge on any atom is 0.255 e. The Hall–Kier alpha value is -4.29. The van der Waals surface area contributed by atoms with Gasteiger partial charge in [-0.05, 0) is 63.8 Å². The minimum absolute atomic E-state index is 0.0463. The molecule has 4 aromatic heterocycles. The predicted molar refractivity (Wildman–Crippen MR) is 140 cm³/mol. The van der Waals surface area contributed by atoms with Gasteiger partial charge in [0.2, 0.25) is 0 Å². The summed E-state index contributed by atoms with van der Waals surface area (Å²) in [4.78, 5) is 26.6. The molecule has 4 aromatic rings. The van der Waals surface area contributed by atoms with Gasteiger partial charge >= 0.3 is 0 Å². The lowest BCUT2D eigenvalue weighted by atomic mass is 9.80. The van der Waals surface area contributed by atoms with Crippen LogP contribution in [0.1, 0.15) is 61.1 Å². The minimum Gasteiger partial charge on any atom is -0.384 e. The number of aliphatic hydroxyl groups is 1. The third kappa shape index (κ3) is 5.01. The number of pyridine rings is 3. The van der Waals surface area contributed by atoms with Crippen LogP contribution in [0.3, 0.4) is 0 Å². The lowest BCUT2D eigenvalue weighted by Crippen LogP contribution is -2.42. The van der Waals surface area contributed by atoms with E-state index in [0.29, 0.717) is 59.7 Å². The highest BCUT2D eigenvalue weighted by Crippen LogP contribution is 2.36. The van der Waals surface area contributed by atoms with Gasteiger partial charge in [0.1, 0.15) is 23.1 Å². The maximum absolute atomic E-state index is 13.3. The minimum atomic E-state index is -0.961. The summed E-state index contributed by atoms with van der Waals surface area (Å²) in [7, 11) is 0. The van der Waals surface area contributed by atoms with Crippen LogP contribution in [0, 0.1) is 11.3 Å². The number of anilines is 1. The Kier molecular flexibility index (Phi) is 6.59. The van der Waals surface area contributed by atoms with Crippen molar-refractivity contribution in [2.24, 2.45) is 0 Å². The number of nitrogens with one attached hydrogen (secondary N) is 2. The van der Waals surface area contributed by atoms with Gasteiger partial charge in [0, 0.05) is 48.3 Å². The quantitative estimate of drug-likeness (QED) is 0.368. The van der Waals surface area contributed by atoms with Crippen molar-refractivity contribution in [1.82, 2.24) is 24.8 Å². The molecule has 0 atom stereocenters. The average Bonchev–Trinajstić information content (AvgIpc) is 3.33. The van der Waals surface area contributed by atoms with Crippen LogP contribution in [-0.4, -0.2) is 42.6 Å². The van der Waals surface area contributed by atoms with Gasteiger partial charge in [0.05, 0.1) is 22.5 Å². The molecule has 1 aliphatic carbocycles. The average molecular weight is 496 g/mol. The molecule has 1 saturated carbocycles. The number of amides is 1. The lowest BCUT2D eigenvalue weighted by molar-refractivity contribution is -0.0118. The van der Waals surface area contributed by atoms with Gasteiger partial charge in [-0.3, -0.25) is 14.3 Å². The summed E-state index contributed by atoms with van der Waals surface area (Å²) in [6.07, 6.45) is 9.04. The van der Waals surface area contributed by atoms with Crippen molar-refractivity contribution in [3.63, 3.8) is 0 Å². The smallest absolute Gasteiger partial charge is 0.255 e. The van der Waals surface area contributed by atoms with Gasteiger partial charge in [0.25, 0.3) is 5.91 Å². The summed E-state index contributed by atoms with van der Waals surface area (Å²) in [5, 5.41) is 27.6. The molecule has 5 rings (SSSR count). The van der Waals surface area contributed by atoms with Crippen LogP contribution >= 0.6 is 0 Å². The Morgan fingerprint density at radius 3 is 2.68 bits per heavy atom. The molecule has 1 amide bonds. The number of hydrogen-bond acceptors (Lipinski definition) is 7. The van der Waals surface area contributed by atoms with E-state index < -0.39 is 5.60 Å². The first-order valence-electron chi connectivity index (χ1n) is 12.5. The number of carbonyl (C=O) groups excluding carboxylic acids is 1. The Balaban J connectivity index is 1.35. The first-order chi connectivity index (χ1) is 17.9. The SMILES string of the molecule is CC(C)Nc1cc(-n2ccc3cc(C#N)cnc32)ncc1C(=O)NC1CCC(O)(c2ccccn2)CC1. The second kappa shape index (κ2) is 9.99. The first-order valence-corrected chi connectivity index (χ1v) is 12.5. The van der Waals surface area contributed by atoms with Crippen molar-refractivity contribution >= 4 is 22.6 Å². The van der Waals surface area contributed by atoms with Gasteiger partial charge < -0.3 is 15.7 Å². The molecule has 0 aromatic carbocycles. The largest absolute Gasteiger partial charge is 0.384 e. The number of rotatable bonds is 6. The van der Waals surface area contributed by atoms with Crippen molar-refractivity contribution in [3.8, 4) is 11.9 Å². The predicted octanol–water partition coefficient (Wildman–Crippen LogP) is 4.07. The molecule has 0 radical (unpaired) electrons. The van der Waals surface area contributed by atoms with Gasteiger partial charge in [-0.1, -0.05) is 6.07 Å². The highest BCUT2D eigenvalue weighted by Gasteiger charge is 2.36. The van der Waals surface area contributed by atoms with Crippen LogP contribution in [0.2, 0.25) is 0 Å². The Labute approximate surface area is 215 Å². The highest BCUT2D eigenvalue weighted by molar-refractivity contribution is 5.99. The van der Waals surface area contributed by atoms with Crippen molar-refractivity contribution in [2.75, 3.05) is 5.32 Å². The van der Waals surface area contributed by atoms with Crippen LogP contribution < -0.4 is 10.6 Å². The van der Waals surface area contributed by atoms with Crippen molar-refractivity contribution in [2.45, 2.75) is 57.2 Å². The summed E-state index contributed by atoms with van der Waals surface area (Å²) in [5.41, 5.74) is 2.03. The van der Waals surface area contributed by atoms with Gasteiger partial charge in [0.15, 0.2) is 0 Å². The molecule has 0 saturated heterocycles. The molecular weight excluding hydrogens is 466 g/mol. The molecule has 0 aliphatic heterocycles. The molecule has 0 bridgehead atoms. The summed E-state index contributed by atoms with van der Waals surface area (Å²) >= 11 is 0. The molecular formula is C28H29N7O2. The molecule has 3 N–H and O–H groups in total. The number of aromatic nitrogens is 4. The normalized spacial score (nSPS) is 19.5. The molecule has 1 aliphatic rings. The van der Waals surface area contributed by atoms with Gasteiger partial charge in [-0.2, -0.15) is 5.26 Å². The Morgan fingerprint density at radius 1 is 1.16 bits per heavy atom. The number of carbonyl (C=O) groups is 1. The standard InChI is InChI=1S/C28H29N7O2/c1-18(2)33-23-14-25(35-12-8-20-13-19(15-29)16-32-26(20)35)31-17-22(23)27(36)34-21-6-9-28(37,10-7-21)24-5-3-4-11-30-24/h3-5,8,11-14,16-18,21,37H,6-7,9-10H2,1-2H3,(H,31,33)(H,34,36). The Morgan fingerprint density at radius 2 is 1.97 bits per heavy atom. The zero-order chi connectivity index (χ0) is 26.0. The molecule has 4 heterocycles. The molecule has 9 heteroatoms. The fourth-order valence-corrected chi connectivity index (χ4v) is 4.85. The van der Waals surface area contributed by atoms with E-state index in [0.717, 1.165) is 5.39 Å². The first kappa shape index (κ1) is 24.4. The van der Waals surface area contributed by atoms with E-state index >= 15 is 0 Å². The summed E-state index contributed by atoms with van der Waals surface area (Å²) in [6.45, 7) is 4.02. The van der Waals surface area contributed by atoms with Crippen LogP contribution in [0.5, 0.6) is 0 Å². The van der Waals surface area contributed by atoms with Crippen LogP contribution in [0.25, 0.3) is 16.9 Å². The van der Waals surface area contributed by atoms with E-state index in [1.165, 1.54) is 6.20 Å². The van der Waals surface area contributed by atoms with E-state index in [2.05, 4.69) is 31.7 Å². The fraction of sp³-hybridized carbons (Fsp3) is 0.321. The molecule has 37 heavy (non-hydrogen) atoms. The van der Waals surface area contributed by atoms with Crippen LogP contribution in [0.4, 0.5) is 5.69 Å².